The molecule has 0 bridgehead atoms. The first-order valence-corrected chi connectivity index (χ1v) is 10.5. The maximum absolute atomic E-state index is 12.6. The summed E-state index contributed by atoms with van der Waals surface area (Å²) in [7, 11) is 0. The molecule has 0 aliphatic heterocycles. The Morgan fingerprint density at radius 2 is 1.82 bits per heavy atom. The number of anilines is 1. The molecule has 1 aromatic carbocycles. The lowest BCUT2D eigenvalue weighted by Crippen LogP contribution is -2.16. The first-order valence-electron chi connectivity index (χ1n) is 9.72. The van der Waals surface area contributed by atoms with E-state index in [0.717, 1.165) is 5.56 Å². The van der Waals surface area contributed by atoms with Crippen LogP contribution in [0.1, 0.15) is 27.4 Å². The van der Waals surface area contributed by atoms with Crippen LogP contribution in [0.15, 0.2) is 42.7 Å². The van der Waals surface area contributed by atoms with Gasteiger partial charge in [0, 0.05) is 17.4 Å². The maximum Gasteiger partial charge on any atom is 0.312 e. The number of benzene rings is 1. The third kappa shape index (κ3) is 4.89. The van der Waals surface area contributed by atoms with Gasteiger partial charge in [0.15, 0.2) is 11.5 Å². The van der Waals surface area contributed by atoms with E-state index in [0.29, 0.717) is 23.0 Å². The second kappa shape index (κ2) is 9.04. The van der Waals surface area contributed by atoms with Gasteiger partial charge in [0.05, 0.1) is 11.5 Å². The summed E-state index contributed by atoms with van der Waals surface area (Å²) in [6, 6.07) is 8.84. The zero-order chi connectivity index (χ0) is 23.7. The fraction of sp³-hybridized carbons (Fsp3) is 0.200. The van der Waals surface area contributed by atoms with Gasteiger partial charge in [-0.15, -0.1) is 0 Å². The Balaban J connectivity index is 1.44. The molecule has 0 aliphatic carbocycles. The van der Waals surface area contributed by atoms with Gasteiger partial charge in [0.2, 0.25) is 0 Å². The molecule has 1 N–H and O–H groups in total. The van der Waals surface area contributed by atoms with E-state index in [1.807, 2.05) is 12.1 Å². The standard InChI is InChI=1S/C20H18Cl2N8O3/c1-12-18(30(32)33)13(2)29(24-12)11-27-8-7-17(25-27)20(31)23-19-16(22)10-28(26-19)9-14-3-5-15(21)6-4-14/h3-8,10H,9,11H2,1-2H3,(H,23,26,31). The van der Waals surface area contributed by atoms with E-state index in [1.54, 1.807) is 43.1 Å². The number of nitro groups is 1. The molecule has 0 fully saturated rings. The average Bonchev–Trinajstić information content (AvgIpc) is 3.42. The lowest BCUT2D eigenvalue weighted by atomic mass is 10.2. The summed E-state index contributed by atoms with van der Waals surface area (Å²) in [6.07, 6.45) is 3.19. The Morgan fingerprint density at radius 3 is 2.48 bits per heavy atom. The minimum absolute atomic E-state index is 0.0380. The fourth-order valence-corrected chi connectivity index (χ4v) is 3.62. The van der Waals surface area contributed by atoms with Gasteiger partial charge in [-0.1, -0.05) is 35.3 Å². The Morgan fingerprint density at radius 1 is 1.09 bits per heavy atom. The van der Waals surface area contributed by atoms with Gasteiger partial charge >= 0.3 is 5.69 Å². The molecule has 0 unspecified atom stereocenters. The van der Waals surface area contributed by atoms with Crippen LogP contribution in [-0.2, 0) is 13.2 Å². The molecular weight excluding hydrogens is 471 g/mol. The molecule has 0 spiro atoms. The van der Waals surface area contributed by atoms with Crippen LogP contribution < -0.4 is 5.32 Å². The zero-order valence-corrected chi connectivity index (χ0v) is 19.1. The second-order valence-electron chi connectivity index (χ2n) is 7.26. The number of carbonyl (C=O) groups excluding carboxylic acids is 1. The van der Waals surface area contributed by atoms with Gasteiger partial charge in [-0.25, -0.2) is 4.68 Å². The summed E-state index contributed by atoms with van der Waals surface area (Å²) < 4.78 is 4.52. The molecule has 0 aliphatic rings. The van der Waals surface area contributed by atoms with Gasteiger partial charge in [-0.3, -0.25) is 24.3 Å². The quantitative estimate of drug-likeness (QED) is 0.310. The highest BCUT2D eigenvalue weighted by molar-refractivity contribution is 6.33. The monoisotopic (exact) mass is 488 g/mol. The first kappa shape index (κ1) is 22.5. The van der Waals surface area contributed by atoms with Gasteiger partial charge in [0.25, 0.3) is 5.91 Å². The molecule has 0 radical (unpaired) electrons. The molecule has 0 atom stereocenters. The largest absolute Gasteiger partial charge is 0.312 e. The van der Waals surface area contributed by atoms with Crippen LogP contribution >= 0.6 is 23.2 Å². The number of nitrogens with one attached hydrogen (secondary N) is 1. The van der Waals surface area contributed by atoms with Crippen LogP contribution in [0.2, 0.25) is 10.0 Å². The molecule has 4 rings (SSSR count). The molecule has 1 amide bonds. The number of hydrogen-bond acceptors (Lipinski definition) is 6. The minimum Gasteiger partial charge on any atom is -0.302 e. The van der Waals surface area contributed by atoms with Crippen molar-refractivity contribution in [3.8, 4) is 0 Å². The van der Waals surface area contributed by atoms with E-state index in [2.05, 4.69) is 20.6 Å². The Hall–Kier alpha value is -3.70. The summed E-state index contributed by atoms with van der Waals surface area (Å²) in [5.41, 5.74) is 1.78. The van der Waals surface area contributed by atoms with E-state index < -0.39 is 10.8 Å². The summed E-state index contributed by atoms with van der Waals surface area (Å²) in [5, 5.41) is 27.5. The molecule has 3 heterocycles. The number of hydrogen-bond donors (Lipinski definition) is 1. The highest BCUT2D eigenvalue weighted by atomic mass is 35.5. The number of aromatic nitrogens is 6. The number of nitrogens with zero attached hydrogens (tertiary/aromatic N) is 7. The topological polar surface area (TPSA) is 126 Å². The molecule has 0 saturated carbocycles. The minimum atomic E-state index is -0.494. The molecule has 33 heavy (non-hydrogen) atoms. The van der Waals surface area contributed by atoms with Crippen LogP contribution in [-0.4, -0.2) is 40.2 Å². The molecule has 0 saturated heterocycles. The third-order valence-corrected chi connectivity index (χ3v) is 5.41. The van der Waals surface area contributed by atoms with Crippen molar-refractivity contribution < 1.29 is 9.72 Å². The average molecular weight is 489 g/mol. The van der Waals surface area contributed by atoms with Crippen molar-refractivity contribution in [3.63, 3.8) is 0 Å². The van der Waals surface area contributed by atoms with Crippen LogP contribution in [0.25, 0.3) is 0 Å². The Labute approximate surface area is 197 Å². The van der Waals surface area contributed by atoms with Crippen molar-refractivity contribution >= 4 is 40.6 Å². The highest BCUT2D eigenvalue weighted by Gasteiger charge is 2.22. The van der Waals surface area contributed by atoms with Crippen LogP contribution in [0.5, 0.6) is 0 Å². The summed E-state index contributed by atoms with van der Waals surface area (Å²) >= 11 is 12.1. The second-order valence-corrected chi connectivity index (χ2v) is 8.11. The summed E-state index contributed by atoms with van der Waals surface area (Å²) in [5.74, 6) is -0.286. The number of halogens is 2. The number of carbonyl (C=O) groups is 1. The smallest absolute Gasteiger partial charge is 0.302 e. The maximum atomic E-state index is 12.6. The van der Waals surface area contributed by atoms with Gasteiger partial charge in [-0.05, 0) is 37.6 Å². The van der Waals surface area contributed by atoms with Crippen molar-refractivity contribution in [2.24, 2.45) is 0 Å². The van der Waals surface area contributed by atoms with Crippen molar-refractivity contribution in [1.82, 2.24) is 29.3 Å². The molecule has 170 valence electrons. The molecule has 11 nitrogen and oxygen atoms in total. The third-order valence-electron chi connectivity index (χ3n) is 4.88. The summed E-state index contributed by atoms with van der Waals surface area (Å²) in [6.45, 7) is 3.75. The lowest BCUT2D eigenvalue weighted by molar-refractivity contribution is -0.386. The SMILES string of the molecule is Cc1nn(Cn2ccc(C(=O)Nc3nn(Cc4ccc(Cl)cc4)cc3Cl)n2)c(C)c1[N+](=O)[O-]. The lowest BCUT2D eigenvalue weighted by Gasteiger charge is -2.04. The highest BCUT2D eigenvalue weighted by Crippen LogP contribution is 2.22. The van der Waals surface area contributed by atoms with Crippen molar-refractivity contribution in [2.45, 2.75) is 27.1 Å². The van der Waals surface area contributed by atoms with E-state index >= 15 is 0 Å². The van der Waals surface area contributed by atoms with Crippen LogP contribution in [0, 0.1) is 24.0 Å². The predicted molar refractivity (Wildman–Crippen MR) is 122 cm³/mol. The zero-order valence-electron chi connectivity index (χ0n) is 17.6. The van der Waals surface area contributed by atoms with E-state index in [1.165, 1.54) is 15.4 Å². The number of amides is 1. The molecular formula is C20H18Cl2N8O3. The normalized spacial score (nSPS) is 11.0. The molecule has 3 aromatic heterocycles. The van der Waals surface area contributed by atoms with Gasteiger partial charge in [-0.2, -0.15) is 15.3 Å². The van der Waals surface area contributed by atoms with E-state index in [9.17, 15) is 14.9 Å². The van der Waals surface area contributed by atoms with Crippen LogP contribution in [0.4, 0.5) is 11.5 Å². The van der Waals surface area contributed by atoms with Gasteiger partial charge < -0.3 is 5.32 Å². The molecule has 13 heteroatoms. The Kier molecular flexibility index (Phi) is 6.16. The van der Waals surface area contributed by atoms with Gasteiger partial charge in [0.1, 0.15) is 23.1 Å². The predicted octanol–water partition coefficient (Wildman–Crippen LogP) is 3.91. The van der Waals surface area contributed by atoms with Crippen LogP contribution in [0.3, 0.4) is 0 Å². The first-order chi connectivity index (χ1) is 15.7. The van der Waals surface area contributed by atoms with Crippen molar-refractivity contribution in [2.75, 3.05) is 5.32 Å². The molecule has 4 aromatic rings. The fourth-order valence-electron chi connectivity index (χ4n) is 3.30. The van der Waals surface area contributed by atoms with Crippen molar-refractivity contribution in [1.29, 1.82) is 0 Å². The number of aryl methyl sites for hydroxylation is 1. The van der Waals surface area contributed by atoms with E-state index in [-0.39, 0.29) is 28.9 Å². The number of rotatable bonds is 7. The summed E-state index contributed by atoms with van der Waals surface area (Å²) in [4.78, 5) is 23.3. The Bertz CT molecular complexity index is 1340. The van der Waals surface area contributed by atoms with E-state index in [4.69, 9.17) is 23.2 Å². The van der Waals surface area contributed by atoms with Crippen molar-refractivity contribution in [3.05, 3.63) is 85.5 Å².